The van der Waals surface area contributed by atoms with E-state index in [4.69, 9.17) is 0 Å². The molecule has 1 heteroatoms. The van der Waals surface area contributed by atoms with Crippen molar-refractivity contribution in [2.45, 2.75) is 5.41 Å². The lowest BCUT2D eigenvalue weighted by atomic mass is 9.70. The van der Waals surface area contributed by atoms with Crippen LogP contribution in [0.2, 0.25) is 0 Å². The van der Waals surface area contributed by atoms with Gasteiger partial charge in [-0.15, -0.1) is 0 Å². The van der Waals surface area contributed by atoms with Gasteiger partial charge in [0, 0.05) is 16.6 Å². The van der Waals surface area contributed by atoms with Crippen LogP contribution in [0.1, 0.15) is 22.3 Å². The molecule has 278 valence electrons. The Bertz CT molecular complexity index is 3260. The van der Waals surface area contributed by atoms with Crippen molar-refractivity contribution in [3.8, 4) is 66.8 Å². The molecule has 0 atom stereocenters. The molecule has 60 heavy (non-hydrogen) atoms. The Kier molecular flexibility index (Phi) is 7.00. The third-order valence-corrected chi connectivity index (χ3v) is 13.4. The first-order valence-corrected chi connectivity index (χ1v) is 20.9. The molecule has 1 spiro atoms. The van der Waals surface area contributed by atoms with Crippen molar-refractivity contribution in [3.05, 3.63) is 247 Å². The molecular formula is C59H37N. The normalized spacial score (nSPS) is 13.1. The fourth-order valence-electron chi connectivity index (χ4n) is 11.0. The summed E-state index contributed by atoms with van der Waals surface area (Å²) in [6, 6.07) is 83.5. The van der Waals surface area contributed by atoms with Crippen molar-refractivity contribution in [1.82, 2.24) is 0 Å². The van der Waals surface area contributed by atoms with Gasteiger partial charge in [0.25, 0.3) is 0 Å². The zero-order valence-corrected chi connectivity index (χ0v) is 32.8. The van der Waals surface area contributed by atoms with Crippen LogP contribution >= 0.6 is 0 Å². The standard InChI is InChI=1S/C59H37N/c1-2-14-38(15-3-1)39-28-30-40(31-29-39)41-32-34-42(35-33-41)60(55-37-36-49-44-17-5-4-16-43(44)48-21-12-23-51(55)57(48)49)56-27-13-22-50-47-20-8-11-26-54(47)59(58(50)56)52-24-9-6-18-45(52)46-19-7-10-25-53(46)59/h1-37H. The number of rotatable bonds is 5. The Balaban J connectivity index is 1.07. The number of anilines is 3. The molecule has 0 saturated carbocycles. The molecule has 3 aliphatic carbocycles. The van der Waals surface area contributed by atoms with Crippen LogP contribution in [-0.2, 0) is 5.41 Å². The zero-order valence-electron chi connectivity index (χ0n) is 32.8. The fraction of sp³-hybridized carbons (Fsp3) is 0.0169. The molecule has 0 radical (unpaired) electrons. The third-order valence-electron chi connectivity index (χ3n) is 13.4. The minimum atomic E-state index is -0.501. The van der Waals surface area contributed by atoms with Gasteiger partial charge in [0.05, 0.1) is 16.8 Å². The summed E-state index contributed by atoms with van der Waals surface area (Å²) >= 11 is 0. The van der Waals surface area contributed by atoms with Gasteiger partial charge in [0.2, 0.25) is 0 Å². The second-order valence-electron chi connectivity index (χ2n) is 16.3. The maximum absolute atomic E-state index is 2.56. The molecule has 0 aromatic heterocycles. The second kappa shape index (κ2) is 12.6. The van der Waals surface area contributed by atoms with Crippen molar-refractivity contribution in [3.63, 3.8) is 0 Å². The first-order chi connectivity index (χ1) is 29.8. The van der Waals surface area contributed by atoms with Gasteiger partial charge < -0.3 is 4.90 Å². The van der Waals surface area contributed by atoms with Gasteiger partial charge in [-0.1, -0.05) is 200 Å². The van der Waals surface area contributed by atoms with Gasteiger partial charge in [0.1, 0.15) is 0 Å². The molecular weight excluding hydrogens is 723 g/mol. The van der Waals surface area contributed by atoms with E-state index in [2.05, 4.69) is 229 Å². The van der Waals surface area contributed by atoms with Crippen molar-refractivity contribution in [2.24, 2.45) is 0 Å². The van der Waals surface area contributed by atoms with Crippen LogP contribution in [-0.4, -0.2) is 0 Å². The largest absolute Gasteiger partial charge is 0.310 e. The molecule has 13 rings (SSSR count). The molecule has 0 bridgehead atoms. The molecule has 0 saturated heterocycles. The van der Waals surface area contributed by atoms with Crippen LogP contribution in [0, 0.1) is 0 Å². The summed E-state index contributed by atoms with van der Waals surface area (Å²) in [4.78, 5) is 2.56. The second-order valence-corrected chi connectivity index (χ2v) is 16.3. The van der Waals surface area contributed by atoms with E-state index in [1.165, 1.54) is 111 Å². The average Bonchev–Trinajstić information content (AvgIpc) is 3.93. The predicted molar refractivity (Wildman–Crippen MR) is 250 cm³/mol. The Morgan fingerprint density at radius 3 is 1.30 bits per heavy atom. The highest BCUT2D eigenvalue weighted by atomic mass is 15.1. The van der Waals surface area contributed by atoms with E-state index in [1.54, 1.807) is 0 Å². The van der Waals surface area contributed by atoms with Gasteiger partial charge in [-0.05, 0) is 113 Å². The number of hydrogen-bond donors (Lipinski definition) is 0. The Morgan fingerprint density at radius 1 is 0.267 bits per heavy atom. The lowest BCUT2D eigenvalue weighted by Gasteiger charge is -2.36. The maximum atomic E-state index is 2.56. The van der Waals surface area contributed by atoms with Crippen molar-refractivity contribution >= 4 is 27.8 Å². The average molecular weight is 760 g/mol. The van der Waals surface area contributed by atoms with Gasteiger partial charge >= 0.3 is 0 Å². The van der Waals surface area contributed by atoms with Crippen LogP contribution in [0.25, 0.3) is 77.5 Å². The van der Waals surface area contributed by atoms with Gasteiger partial charge in [-0.25, -0.2) is 0 Å². The van der Waals surface area contributed by atoms with Gasteiger partial charge in [0.15, 0.2) is 0 Å². The van der Waals surface area contributed by atoms with E-state index >= 15 is 0 Å². The van der Waals surface area contributed by atoms with E-state index in [9.17, 15) is 0 Å². The lowest BCUT2D eigenvalue weighted by Crippen LogP contribution is -2.28. The van der Waals surface area contributed by atoms with E-state index in [1.807, 2.05) is 0 Å². The van der Waals surface area contributed by atoms with Crippen LogP contribution < -0.4 is 4.90 Å². The molecule has 0 fully saturated rings. The monoisotopic (exact) mass is 759 g/mol. The highest BCUT2D eigenvalue weighted by Gasteiger charge is 2.53. The molecule has 0 heterocycles. The minimum Gasteiger partial charge on any atom is -0.310 e. The van der Waals surface area contributed by atoms with Crippen molar-refractivity contribution < 1.29 is 0 Å². The molecule has 0 amide bonds. The van der Waals surface area contributed by atoms with Crippen molar-refractivity contribution in [2.75, 3.05) is 4.90 Å². The quantitative estimate of drug-likeness (QED) is 0.169. The Hall–Kier alpha value is -7.74. The smallest absolute Gasteiger partial charge is 0.0746 e. The maximum Gasteiger partial charge on any atom is 0.0746 e. The molecule has 10 aromatic rings. The highest BCUT2D eigenvalue weighted by Crippen LogP contribution is 2.65. The van der Waals surface area contributed by atoms with Gasteiger partial charge in [-0.2, -0.15) is 0 Å². The summed E-state index contributed by atoms with van der Waals surface area (Å²) in [5.41, 5.74) is 23.6. The summed E-state index contributed by atoms with van der Waals surface area (Å²) in [6.07, 6.45) is 0. The number of fused-ring (bicyclic) bond motifs is 13. The summed E-state index contributed by atoms with van der Waals surface area (Å²) in [6.45, 7) is 0. The number of nitrogens with zero attached hydrogens (tertiary/aromatic N) is 1. The zero-order chi connectivity index (χ0) is 39.4. The summed E-state index contributed by atoms with van der Waals surface area (Å²) in [5, 5.41) is 2.56. The molecule has 0 unspecified atom stereocenters. The summed E-state index contributed by atoms with van der Waals surface area (Å²) in [7, 11) is 0. The summed E-state index contributed by atoms with van der Waals surface area (Å²) in [5.74, 6) is 0. The number of hydrogen-bond acceptors (Lipinski definition) is 1. The Morgan fingerprint density at radius 2 is 0.700 bits per heavy atom. The van der Waals surface area contributed by atoms with E-state index in [0.717, 1.165) is 5.69 Å². The lowest BCUT2D eigenvalue weighted by molar-refractivity contribution is 0.793. The van der Waals surface area contributed by atoms with E-state index < -0.39 is 5.41 Å². The van der Waals surface area contributed by atoms with E-state index in [0.29, 0.717) is 0 Å². The van der Waals surface area contributed by atoms with E-state index in [-0.39, 0.29) is 0 Å². The first kappa shape index (κ1) is 33.3. The Labute approximate surface area is 350 Å². The molecule has 10 aromatic carbocycles. The minimum absolute atomic E-state index is 0.501. The summed E-state index contributed by atoms with van der Waals surface area (Å²) < 4.78 is 0. The molecule has 1 nitrogen and oxygen atoms in total. The van der Waals surface area contributed by atoms with Crippen LogP contribution in [0.4, 0.5) is 17.1 Å². The SMILES string of the molecule is c1ccc(-c2ccc(-c3ccc(N(c4cccc5c4C4(c6ccccc6-c6ccccc64)c4ccccc4-5)c4ccc5c6c(cccc46)-c4ccccc4-5)cc3)cc2)cc1. The predicted octanol–water partition coefficient (Wildman–Crippen LogP) is 15.6. The van der Waals surface area contributed by atoms with Crippen LogP contribution in [0.15, 0.2) is 224 Å². The fourth-order valence-corrected chi connectivity index (χ4v) is 11.0. The van der Waals surface area contributed by atoms with Gasteiger partial charge in [-0.3, -0.25) is 0 Å². The topological polar surface area (TPSA) is 3.24 Å². The molecule has 0 N–H and O–H groups in total. The first-order valence-electron chi connectivity index (χ1n) is 20.9. The van der Waals surface area contributed by atoms with Crippen molar-refractivity contribution in [1.29, 1.82) is 0 Å². The number of benzene rings is 10. The van der Waals surface area contributed by atoms with Crippen LogP contribution in [0.5, 0.6) is 0 Å². The molecule has 0 aliphatic heterocycles. The highest BCUT2D eigenvalue weighted by molar-refractivity contribution is 6.19. The van der Waals surface area contributed by atoms with Crippen LogP contribution in [0.3, 0.4) is 0 Å². The third kappa shape index (κ3) is 4.47. The molecule has 3 aliphatic rings.